The molecule has 0 aliphatic carbocycles. The first-order chi connectivity index (χ1) is 19.1. The number of benzene rings is 2. The number of nitrogens with zero attached hydrogens (tertiary/aromatic N) is 1. The van der Waals surface area contributed by atoms with E-state index in [1.807, 2.05) is 32.0 Å². The highest BCUT2D eigenvalue weighted by molar-refractivity contribution is 5.92. The third-order valence-corrected chi connectivity index (χ3v) is 7.38. The largest absolute Gasteiger partial charge is 0.493 e. The maximum atomic E-state index is 13.1. The van der Waals surface area contributed by atoms with Crippen LogP contribution in [0.3, 0.4) is 0 Å². The number of anilines is 1. The van der Waals surface area contributed by atoms with E-state index in [9.17, 15) is 9.90 Å². The van der Waals surface area contributed by atoms with Gasteiger partial charge >= 0.3 is 0 Å². The highest BCUT2D eigenvalue weighted by atomic mass is 16.5. The van der Waals surface area contributed by atoms with Crippen LogP contribution in [0.4, 0.5) is 5.69 Å². The number of hydrogen-bond donors (Lipinski definition) is 3. The van der Waals surface area contributed by atoms with E-state index in [0.717, 1.165) is 18.4 Å². The maximum absolute atomic E-state index is 13.1. The molecule has 4 atom stereocenters. The molecule has 2 aromatic rings. The fourth-order valence-corrected chi connectivity index (χ4v) is 4.77. The molecule has 0 saturated carbocycles. The van der Waals surface area contributed by atoms with Crippen molar-refractivity contribution in [1.29, 1.82) is 5.26 Å². The lowest BCUT2D eigenvalue weighted by molar-refractivity contribution is -0.122. The van der Waals surface area contributed by atoms with Crippen molar-refractivity contribution in [2.75, 3.05) is 32.8 Å². The molecule has 2 rings (SSSR count). The van der Waals surface area contributed by atoms with E-state index in [-0.39, 0.29) is 24.2 Å². The summed E-state index contributed by atoms with van der Waals surface area (Å²) in [5.74, 6) is 1.34. The fourth-order valence-electron chi connectivity index (χ4n) is 4.77. The van der Waals surface area contributed by atoms with Gasteiger partial charge in [-0.05, 0) is 72.9 Å². The number of nitrogens with two attached hydrogens (primary N) is 1. The molecular weight excluding hydrogens is 506 g/mol. The SMILES string of the molecule is COCCCOc1cc(C[C@@H](C[C@H](N)[C@@H](O)C[C@H](C(=O)Nc2cccc(C#N)c2)C(C)C)C(C)C)ccc1OC. The van der Waals surface area contributed by atoms with Gasteiger partial charge in [-0.15, -0.1) is 0 Å². The molecule has 0 aliphatic heterocycles. The normalized spacial score (nSPS) is 14.3. The fraction of sp³-hybridized carbons (Fsp3) is 0.562. The number of nitrogens with one attached hydrogen (secondary N) is 1. The summed E-state index contributed by atoms with van der Waals surface area (Å²) in [6.45, 7) is 9.41. The second-order valence-electron chi connectivity index (χ2n) is 11.1. The quantitative estimate of drug-likeness (QED) is 0.231. The molecule has 0 aliphatic rings. The van der Waals surface area contributed by atoms with Gasteiger partial charge in [0.1, 0.15) is 0 Å². The zero-order chi connectivity index (χ0) is 29.7. The molecule has 0 bridgehead atoms. The second kappa shape index (κ2) is 16.9. The second-order valence-corrected chi connectivity index (χ2v) is 11.1. The Labute approximate surface area is 239 Å². The van der Waals surface area contributed by atoms with Crippen LogP contribution in [0.1, 0.15) is 58.1 Å². The van der Waals surface area contributed by atoms with Gasteiger partial charge in [-0.1, -0.05) is 39.8 Å². The molecule has 0 unspecified atom stereocenters. The average Bonchev–Trinajstić information content (AvgIpc) is 2.93. The number of ether oxygens (including phenoxy) is 3. The number of aliphatic hydroxyl groups excluding tert-OH is 1. The van der Waals surface area contributed by atoms with Gasteiger partial charge in [0, 0.05) is 37.8 Å². The summed E-state index contributed by atoms with van der Waals surface area (Å²) >= 11 is 0. The van der Waals surface area contributed by atoms with Crippen LogP contribution in [0.25, 0.3) is 0 Å². The molecular formula is C32H47N3O5. The number of carbonyl (C=O) groups excluding carboxylic acids is 1. The highest BCUT2D eigenvalue weighted by Gasteiger charge is 2.30. The minimum absolute atomic E-state index is 0.00324. The summed E-state index contributed by atoms with van der Waals surface area (Å²) in [6, 6.07) is 14.4. The molecule has 1 amide bonds. The Balaban J connectivity index is 2.05. The van der Waals surface area contributed by atoms with Crippen molar-refractivity contribution in [3.05, 3.63) is 53.6 Å². The van der Waals surface area contributed by atoms with Crippen LogP contribution in [0.2, 0.25) is 0 Å². The van der Waals surface area contributed by atoms with Crippen molar-refractivity contribution in [2.45, 2.75) is 65.5 Å². The van der Waals surface area contributed by atoms with E-state index >= 15 is 0 Å². The standard InChI is InChI=1S/C32H47N3O5/c1-21(2)25(15-23-11-12-30(39-6)31(17-23)40-14-8-13-38-5)18-28(34)29(36)19-27(22(3)4)32(37)35-26-10-7-9-24(16-26)20-33/h7,9-12,16-17,21-22,25,27-29,36H,8,13-15,18-19,34H2,1-6H3,(H,35,37)/t25-,27-,28-,29-/m0/s1. The molecule has 8 heteroatoms. The van der Waals surface area contributed by atoms with Gasteiger partial charge in [-0.2, -0.15) is 5.26 Å². The van der Waals surface area contributed by atoms with Crippen molar-refractivity contribution in [1.82, 2.24) is 0 Å². The van der Waals surface area contributed by atoms with Gasteiger partial charge in [-0.3, -0.25) is 4.79 Å². The Hall–Kier alpha value is -3.12. The lowest BCUT2D eigenvalue weighted by atomic mass is 9.81. The van der Waals surface area contributed by atoms with Crippen LogP contribution in [0.15, 0.2) is 42.5 Å². The summed E-state index contributed by atoms with van der Waals surface area (Å²) in [4.78, 5) is 13.1. The van der Waals surface area contributed by atoms with E-state index < -0.39 is 18.1 Å². The van der Waals surface area contributed by atoms with Crippen LogP contribution >= 0.6 is 0 Å². The van der Waals surface area contributed by atoms with Crippen LogP contribution in [-0.4, -0.2) is 50.6 Å². The van der Waals surface area contributed by atoms with Crippen molar-refractivity contribution in [3.63, 3.8) is 0 Å². The van der Waals surface area contributed by atoms with Gasteiger partial charge < -0.3 is 30.4 Å². The van der Waals surface area contributed by atoms with Crippen LogP contribution in [0, 0.1) is 35.0 Å². The van der Waals surface area contributed by atoms with Crippen molar-refractivity contribution in [2.24, 2.45) is 29.4 Å². The Kier molecular flexibility index (Phi) is 13.9. The molecule has 0 heterocycles. The Bertz CT molecular complexity index is 1100. The minimum atomic E-state index is -0.833. The summed E-state index contributed by atoms with van der Waals surface area (Å²) in [7, 11) is 3.30. The number of carbonyl (C=O) groups is 1. The van der Waals surface area contributed by atoms with Crippen LogP contribution in [-0.2, 0) is 16.0 Å². The van der Waals surface area contributed by atoms with Crippen molar-refractivity contribution in [3.8, 4) is 17.6 Å². The molecule has 4 N–H and O–H groups in total. The van der Waals surface area contributed by atoms with Crippen molar-refractivity contribution < 1.29 is 24.1 Å². The minimum Gasteiger partial charge on any atom is -0.493 e. The molecule has 220 valence electrons. The molecule has 0 aromatic heterocycles. The Morgan fingerprint density at radius 2 is 1.77 bits per heavy atom. The van der Waals surface area contributed by atoms with Gasteiger partial charge in [0.2, 0.25) is 5.91 Å². The Morgan fingerprint density at radius 3 is 2.40 bits per heavy atom. The molecule has 0 spiro atoms. The summed E-state index contributed by atoms with van der Waals surface area (Å²) in [6.07, 6.45) is 1.61. The number of methoxy groups -OCH3 is 2. The van der Waals surface area contributed by atoms with Gasteiger partial charge in [0.25, 0.3) is 0 Å². The first kappa shape index (κ1) is 33.1. The third kappa shape index (κ3) is 10.5. The monoisotopic (exact) mass is 553 g/mol. The number of aliphatic hydroxyl groups is 1. The van der Waals surface area contributed by atoms with Gasteiger partial charge in [0.05, 0.1) is 31.5 Å². The molecule has 2 aromatic carbocycles. The Morgan fingerprint density at radius 1 is 1.02 bits per heavy atom. The predicted molar refractivity (Wildman–Crippen MR) is 158 cm³/mol. The van der Waals surface area contributed by atoms with E-state index in [1.165, 1.54) is 0 Å². The molecule has 8 nitrogen and oxygen atoms in total. The summed E-state index contributed by atoms with van der Waals surface area (Å²) < 4.78 is 16.5. The molecule has 40 heavy (non-hydrogen) atoms. The van der Waals surface area contributed by atoms with Crippen molar-refractivity contribution >= 4 is 11.6 Å². The zero-order valence-corrected chi connectivity index (χ0v) is 24.9. The summed E-state index contributed by atoms with van der Waals surface area (Å²) in [5, 5.41) is 23.1. The number of hydrogen-bond acceptors (Lipinski definition) is 7. The average molecular weight is 554 g/mol. The predicted octanol–water partition coefficient (Wildman–Crippen LogP) is 5.18. The van der Waals surface area contributed by atoms with Gasteiger partial charge in [0.15, 0.2) is 11.5 Å². The van der Waals surface area contributed by atoms with E-state index in [1.54, 1.807) is 38.5 Å². The first-order valence-electron chi connectivity index (χ1n) is 14.1. The van der Waals surface area contributed by atoms with Crippen LogP contribution in [0.5, 0.6) is 11.5 Å². The lowest BCUT2D eigenvalue weighted by Gasteiger charge is -2.30. The lowest BCUT2D eigenvalue weighted by Crippen LogP contribution is -2.41. The zero-order valence-electron chi connectivity index (χ0n) is 24.9. The number of rotatable bonds is 17. The van der Waals surface area contributed by atoms with E-state index in [4.69, 9.17) is 25.2 Å². The smallest absolute Gasteiger partial charge is 0.227 e. The third-order valence-electron chi connectivity index (χ3n) is 7.38. The van der Waals surface area contributed by atoms with Crippen LogP contribution < -0.4 is 20.5 Å². The van der Waals surface area contributed by atoms with E-state index in [0.29, 0.717) is 48.3 Å². The molecule has 0 fully saturated rings. The highest BCUT2D eigenvalue weighted by Crippen LogP contribution is 2.32. The topological polar surface area (TPSA) is 127 Å². The first-order valence-corrected chi connectivity index (χ1v) is 14.1. The number of nitriles is 1. The van der Waals surface area contributed by atoms with Gasteiger partial charge in [-0.25, -0.2) is 0 Å². The molecule has 0 saturated heterocycles. The summed E-state index contributed by atoms with van der Waals surface area (Å²) in [5.41, 5.74) is 8.70. The number of amides is 1. The molecule has 0 radical (unpaired) electrons. The van der Waals surface area contributed by atoms with E-state index in [2.05, 4.69) is 25.2 Å². The maximum Gasteiger partial charge on any atom is 0.227 e.